The second kappa shape index (κ2) is 6.17. The zero-order valence-electron chi connectivity index (χ0n) is 10.9. The van der Waals surface area contributed by atoms with Gasteiger partial charge in [-0.2, -0.15) is 0 Å². The summed E-state index contributed by atoms with van der Waals surface area (Å²) in [5, 5.41) is 4.97. The Hall–Kier alpha value is -0.870. The second-order valence-electron chi connectivity index (χ2n) is 5.00. The molecule has 3 nitrogen and oxygen atoms in total. The number of hydrogen-bond donors (Lipinski definition) is 1. The van der Waals surface area contributed by atoms with E-state index in [2.05, 4.69) is 30.6 Å². The van der Waals surface area contributed by atoms with E-state index in [1.807, 2.05) is 19.9 Å². The lowest BCUT2D eigenvalue weighted by Gasteiger charge is -2.23. The maximum Gasteiger partial charge on any atom is 0.246 e. The summed E-state index contributed by atoms with van der Waals surface area (Å²) in [4.78, 5) is 12.8. The van der Waals surface area contributed by atoms with E-state index in [9.17, 15) is 4.79 Å². The third kappa shape index (κ3) is 4.88. The van der Waals surface area contributed by atoms with Gasteiger partial charge in [-0.25, -0.2) is 0 Å². The number of amides is 1. The highest BCUT2D eigenvalue weighted by atomic mass is 32.1. The van der Waals surface area contributed by atoms with Gasteiger partial charge in [0.05, 0.1) is 6.10 Å². The number of carbonyl (C=O) groups is 1. The van der Waals surface area contributed by atoms with Gasteiger partial charge in [0.2, 0.25) is 5.91 Å². The molecule has 0 saturated heterocycles. The van der Waals surface area contributed by atoms with Crippen molar-refractivity contribution in [3.8, 4) is 0 Å². The number of nitrogens with one attached hydrogen (secondary N) is 1. The number of rotatable bonds is 6. The van der Waals surface area contributed by atoms with Crippen molar-refractivity contribution >= 4 is 17.2 Å². The normalized spacial score (nSPS) is 11.8. The fraction of sp³-hybridized carbons (Fsp3) is 0.615. The topological polar surface area (TPSA) is 38.3 Å². The Balaban J connectivity index is 2.37. The predicted octanol–water partition coefficient (Wildman–Crippen LogP) is 2.57. The maximum atomic E-state index is 11.5. The fourth-order valence-corrected chi connectivity index (χ4v) is 2.22. The summed E-state index contributed by atoms with van der Waals surface area (Å²) in [6.07, 6.45) is 0.0889. The molecule has 0 spiro atoms. The Kier molecular flexibility index (Phi) is 5.15. The molecule has 0 aliphatic rings. The van der Waals surface area contributed by atoms with Gasteiger partial charge in [0.25, 0.3) is 0 Å². The third-order valence-corrected chi connectivity index (χ3v) is 3.70. The molecule has 0 unspecified atom stereocenters. The van der Waals surface area contributed by atoms with Crippen LogP contribution >= 0.6 is 11.3 Å². The van der Waals surface area contributed by atoms with Gasteiger partial charge in [0.15, 0.2) is 0 Å². The summed E-state index contributed by atoms with van der Waals surface area (Å²) in [6, 6.07) is 4.13. The van der Waals surface area contributed by atoms with Gasteiger partial charge in [-0.1, -0.05) is 19.9 Å². The van der Waals surface area contributed by atoms with E-state index >= 15 is 0 Å². The van der Waals surface area contributed by atoms with Crippen molar-refractivity contribution in [1.29, 1.82) is 0 Å². The molecule has 0 bridgehead atoms. The van der Waals surface area contributed by atoms with E-state index in [-0.39, 0.29) is 24.0 Å². The lowest BCUT2D eigenvalue weighted by Crippen LogP contribution is -2.38. The van der Waals surface area contributed by atoms with E-state index in [0.717, 1.165) is 0 Å². The zero-order chi connectivity index (χ0) is 12.9. The van der Waals surface area contributed by atoms with E-state index in [4.69, 9.17) is 4.74 Å². The molecule has 0 saturated carbocycles. The van der Waals surface area contributed by atoms with E-state index < -0.39 is 0 Å². The van der Waals surface area contributed by atoms with Gasteiger partial charge in [0.1, 0.15) is 6.61 Å². The molecule has 4 heteroatoms. The van der Waals surface area contributed by atoms with Crippen molar-refractivity contribution in [3.63, 3.8) is 0 Å². The Morgan fingerprint density at radius 1 is 1.53 bits per heavy atom. The highest BCUT2D eigenvalue weighted by Crippen LogP contribution is 2.26. The van der Waals surface area contributed by atoms with Crippen molar-refractivity contribution in [3.05, 3.63) is 22.4 Å². The first-order valence-corrected chi connectivity index (χ1v) is 6.72. The molecule has 1 amide bonds. The lowest BCUT2D eigenvalue weighted by atomic mass is 9.91. The van der Waals surface area contributed by atoms with Gasteiger partial charge >= 0.3 is 0 Å². The molecule has 1 heterocycles. The molecule has 1 aromatic heterocycles. The van der Waals surface area contributed by atoms with Crippen LogP contribution in [0.3, 0.4) is 0 Å². The van der Waals surface area contributed by atoms with E-state index in [1.165, 1.54) is 4.88 Å². The van der Waals surface area contributed by atoms with E-state index in [1.54, 1.807) is 11.3 Å². The first kappa shape index (κ1) is 14.2. The molecule has 1 aromatic rings. The highest BCUT2D eigenvalue weighted by molar-refractivity contribution is 7.10. The molecule has 0 aromatic carbocycles. The van der Waals surface area contributed by atoms with Crippen LogP contribution < -0.4 is 5.32 Å². The number of ether oxygens (including phenoxy) is 1. The monoisotopic (exact) mass is 255 g/mol. The summed E-state index contributed by atoms with van der Waals surface area (Å²) < 4.78 is 5.25. The Morgan fingerprint density at radius 2 is 2.24 bits per heavy atom. The van der Waals surface area contributed by atoms with Gasteiger partial charge in [-0.15, -0.1) is 11.3 Å². The SMILES string of the molecule is CC(C)OCC(=O)NCC(C)(C)c1cccs1. The third-order valence-electron chi connectivity index (χ3n) is 2.46. The van der Waals surface area contributed by atoms with Gasteiger partial charge in [-0.05, 0) is 25.3 Å². The van der Waals surface area contributed by atoms with Crippen molar-refractivity contribution in [2.24, 2.45) is 0 Å². The smallest absolute Gasteiger partial charge is 0.246 e. The predicted molar refractivity (Wildman–Crippen MR) is 71.4 cm³/mol. The fourth-order valence-electron chi connectivity index (χ4n) is 1.36. The molecule has 0 fully saturated rings. The van der Waals surface area contributed by atoms with Gasteiger partial charge in [0, 0.05) is 16.8 Å². The summed E-state index contributed by atoms with van der Waals surface area (Å²) in [5.41, 5.74) is -0.0261. The molecule has 0 atom stereocenters. The van der Waals surface area contributed by atoms with Crippen molar-refractivity contribution in [2.45, 2.75) is 39.2 Å². The largest absolute Gasteiger partial charge is 0.369 e. The van der Waals surface area contributed by atoms with Crippen molar-refractivity contribution in [2.75, 3.05) is 13.2 Å². The van der Waals surface area contributed by atoms with Gasteiger partial charge < -0.3 is 10.1 Å². The van der Waals surface area contributed by atoms with Crippen LogP contribution in [-0.2, 0) is 14.9 Å². The van der Waals surface area contributed by atoms with Crippen LogP contribution in [0.15, 0.2) is 17.5 Å². The average Bonchev–Trinajstić information content (AvgIpc) is 2.77. The minimum Gasteiger partial charge on any atom is -0.369 e. The minimum atomic E-state index is -0.0525. The molecule has 1 rings (SSSR count). The van der Waals surface area contributed by atoms with Crippen molar-refractivity contribution in [1.82, 2.24) is 5.32 Å². The Bertz CT molecular complexity index is 344. The molecule has 17 heavy (non-hydrogen) atoms. The quantitative estimate of drug-likeness (QED) is 0.848. The summed E-state index contributed by atoms with van der Waals surface area (Å²) in [5.74, 6) is -0.0525. The Morgan fingerprint density at radius 3 is 2.76 bits per heavy atom. The zero-order valence-corrected chi connectivity index (χ0v) is 11.8. The standard InChI is InChI=1S/C13H21NO2S/c1-10(2)16-8-12(15)14-9-13(3,4)11-6-5-7-17-11/h5-7,10H,8-9H2,1-4H3,(H,14,15). The molecular weight excluding hydrogens is 234 g/mol. The minimum absolute atomic E-state index is 0.0261. The molecule has 0 radical (unpaired) electrons. The van der Waals surface area contributed by atoms with Crippen LogP contribution in [0.5, 0.6) is 0 Å². The molecule has 96 valence electrons. The van der Waals surface area contributed by atoms with Crippen LogP contribution in [0.4, 0.5) is 0 Å². The van der Waals surface area contributed by atoms with E-state index in [0.29, 0.717) is 6.54 Å². The summed E-state index contributed by atoms with van der Waals surface area (Å²) in [7, 11) is 0. The molecule has 0 aliphatic carbocycles. The van der Waals surface area contributed by atoms with Crippen LogP contribution in [-0.4, -0.2) is 25.2 Å². The van der Waals surface area contributed by atoms with Crippen molar-refractivity contribution < 1.29 is 9.53 Å². The van der Waals surface area contributed by atoms with Crippen LogP contribution in [0.25, 0.3) is 0 Å². The highest BCUT2D eigenvalue weighted by Gasteiger charge is 2.22. The average molecular weight is 255 g/mol. The van der Waals surface area contributed by atoms with Crippen LogP contribution in [0.1, 0.15) is 32.6 Å². The number of hydrogen-bond acceptors (Lipinski definition) is 3. The Labute approximate surface area is 107 Å². The first-order chi connectivity index (χ1) is 7.92. The second-order valence-corrected chi connectivity index (χ2v) is 5.95. The molecule has 0 aliphatic heterocycles. The maximum absolute atomic E-state index is 11.5. The first-order valence-electron chi connectivity index (χ1n) is 5.84. The van der Waals surface area contributed by atoms with Crippen LogP contribution in [0.2, 0.25) is 0 Å². The van der Waals surface area contributed by atoms with Gasteiger partial charge in [-0.3, -0.25) is 4.79 Å². The van der Waals surface area contributed by atoms with Crippen LogP contribution in [0, 0.1) is 0 Å². The summed E-state index contributed by atoms with van der Waals surface area (Å²) >= 11 is 1.72. The lowest BCUT2D eigenvalue weighted by molar-refractivity contribution is -0.127. The number of carbonyl (C=O) groups excluding carboxylic acids is 1. The summed E-state index contributed by atoms with van der Waals surface area (Å²) in [6.45, 7) is 8.86. The molecule has 1 N–H and O–H groups in total. The molecular formula is C13H21NO2S. The number of thiophene rings is 1.